The van der Waals surface area contributed by atoms with Crippen LogP contribution in [0.15, 0.2) is 36.5 Å². The molecule has 66 heavy (non-hydrogen) atoms. The average molecular weight is 929 g/mol. The van der Waals surface area contributed by atoms with Crippen LogP contribution in [-0.4, -0.2) is 46.9 Å². The topological polar surface area (TPSA) is 95.9 Å². The summed E-state index contributed by atoms with van der Waals surface area (Å²) in [5.74, 6) is -0.482. The van der Waals surface area contributed by atoms with E-state index in [0.717, 1.165) is 64.2 Å². The standard InChI is InChI=1S/C60H113NO5/c1-4-7-10-13-16-19-22-25-28-29-32-34-37-40-43-46-49-52-58(63)57(55-62)61-59(64)54-56(51-48-45-42-39-36-33-30-26-23-20-17-14-11-8-5-2)66-60(65)53-50-47-44-41-38-35-31-27-24-21-18-15-12-9-6-3/h18,21,24,26-27,30,56-58,62-63H,4-17,19-20,22-23,25,28-29,31-55H2,1-3H3,(H,61,64)/b21-18+,27-24+,30-26+. The molecule has 0 aromatic rings. The molecule has 0 aromatic heterocycles. The van der Waals surface area contributed by atoms with E-state index in [4.69, 9.17) is 4.74 Å². The molecule has 0 radical (unpaired) electrons. The van der Waals surface area contributed by atoms with Crippen molar-refractivity contribution in [3.63, 3.8) is 0 Å². The first-order valence-corrected chi connectivity index (χ1v) is 29.2. The first-order chi connectivity index (χ1) is 32.5. The van der Waals surface area contributed by atoms with Crippen LogP contribution in [-0.2, 0) is 14.3 Å². The molecule has 0 saturated carbocycles. The first kappa shape index (κ1) is 64.1. The van der Waals surface area contributed by atoms with Crippen LogP contribution < -0.4 is 5.32 Å². The van der Waals surface area contributed by atoms with Crippen molar-refractivity contribution in [2.45, 2.75) is 328 Å². The highest BCUT2D eigenvalue weighted by molar-refractivity contribution is 5.77. The number of unbranched alkanes of at least 4 members (excludes halogenated alkanes) is 36. The molecule has 388 valence electrons. The molecule has 0 bridgehead atoms. The lowest BCUT2D eigenvalue weighted by Gasteiger charge is -2.24. The fourth-order valence-electron chi connectivity index (χ4n) is 9.01. The van der Waals surface area contributed by atoms with E-state index in [2.05, 4.69) is 62.5 Å². The molecule has 3 atom stereocenters. The lowest BCUT2D eigenvalue weighted by molar-refractivity contribution is -0.151. The van der Waals surface area contributed by atoms with E-state index in [-0.39, 0.29) is 24.9 Å². The molecular formula is C60H113NO5. The van der Waals surface area contributed by atoms with Gasteiger partial charge in [0.25, 0.3) is 0 Å². The van der Waals surface area contributed by atoms with Gasteiger partial charge in [0.15, 0.2) is 0 Å². The van der Waals surface area contributed by atoms with Crippen molar-refractivity contribution in [1.29, 1.82) is 0 Å². The Balaban J connectivity index is 4.54. The molecule has 6 nitrogen and oxygen atoms in total. The summed E-state index contributed by atoms with van der Waals surface area (Å²) < 4.78 is 5.95. The van der Waals surface area contributed by atoms with Crippen molar-refractivity contribution in [3.8, 4) is 0 Å². The number of amides is 1. The fourth-order valence-corrected chi connectivity index (χ4v) is 9.01. The van der Waals surface area contributed by atoms with Gasteiger partial charge < -0.3 is 20.3 Å². The van der Waals surface area contributed by atoms with E-state index in [1.807, 2.05) is 0 Å². The third kappa shape index (κ3) is 48.5. The van der Waals surface area contributed by atoms with Gasteiger partial charge in [0.2, 0.25) is 5.91 Å². The van der Waals surface area contributed by atoms with E-state index in [9.17, 15) is 19.8 Å². The molecule has 0 fully saturated rings. The Labute approximate surface area is 411 Å². The van der Waals surface area contributed by atoms with Gasteiger partial charge in [0.05, 0.1) is 25.2 Å². The van der Waals surface area contributed by atoms with E-state index in [0.29, 0.717) is 19.3 Å². The predicted molar refractivity (Wildman–Crippen MR) is 287 cm³/mol. The van der Waals surface area contributed by atoms with Gasteiger partial charge >= 0.3 is 5.97 Å². The van der Waals surface area contributed by atoms with Gasteiger partial charge in [-0.15, -0.1) is 0 Å². The molecule has 0 spiro atoms. The molecule has 0 aliphatic rings. The highest BCUT2D eigenvalue weighted by Crippen LogP contribution is 2.18. The highest BCUT2D eigenvalue weighted by Gasteiger charge is 2.24. The number of carbonyl (C=O) groups is 2. The Morgan fingerprint density at radius 3 is 1.20 bits per heavy atom. The molecule has 6 heteroatoms. The zero-order valence-electron chi connectivity index (χ0n) is 44.3. The molecule has 0 saturated heterocycles. The van der Waals surface area contributed by atoms with Gasteiger partial charge in [-0.05, 0) is 77.0 Å². The maximum atomic E-state index is 13.3. The largest absolute Gasteiger partial charge is 0.462 e. The van der Waals surface area contributed by atoms with Gasteiger partial charge in [-0.25, -0.2) is 0 Å². The van der Waals surface area contributed by atoms with Crippen LogP contribution in [0.1, 0.15) is 310 Å². The Morgan fingerprint density at radius 2 is 0.773 bits per heavy atom. The van der Waals surface area contributed by atoms with Gasteiger partial charge in [-0.2, -0.15) is 0 Å². The predicted octanol–water partition coefficient (Wildman–Crippen LogP) is 18.0. The van der Waals surface area contributed by atoms with Crippen molar-refractivity contribution >= 4 is 11.9 Å². The zero-order chi connectivity index (χ0) is 48.1. The summed E-state index contributed by atoms with van der Waals surface area (Å²) >= 11 is 0. The minimum atomic E-state index is -0.791. The third-order valence-electron chi connectivity index (χ3n) is 13.5. The van der Waals surface area contributed by atoms with Gasteiger partial charge in [0.1, 0.15) is 6.10 Å². The summed E-state index contributed by atoms with van der Waals surface area (Å²) in [6, 6.07) is -0.706. The molecule has 0 rings (SSSR count). The number of aliphatic hydroxyl groups excluding tert-OH is 2. The second-order valence-electron chi connectivity index (χ2n) is 20.1. The third-order valence-corrected chi connectivity index (χ3v) is 13.5. The molecule has 3 unspecified atom stereocenters. The van der Waals surface area contributed by atoms with Gasteiger partial charge in [-0.1, -0.05) is 256 Å². The number of nitrogens with one attached hydrogen (secondary N) is 1. The van der Waals surface area contributed by atoms with Crippen LogP contribution in [0, 0.1) is 0 Å². The maximum absolute atomic E-state index is 13.3. The van der Waals surface area contributed by atoms with Crippen LogP contribution in [0.5, 0.6) is 0 Å². The molecule has 1 amide bonds. The van der Waals surface area contributed by atoms with E-state index in [1.165, 1.54) is 199 Å². The SMILES string of the molecule is CCCCC/C=C/C=C/CCCCCCCCC(=O)OC(CCCCCCC/C=C/CCCCCCCC)CC(=O)NC(CO)C(O)CCCCCCCCCCCCCCCCCCC. The number of hydrogen-bond donors (Lipinski definition) is 3. The number of rotatable bonds is 53. The Kier molecular flexibility index (Phi) is 52.5. The lowest BCUT2D eigenvalue weighted by Crippen LogP contribution is -2.46. The van der Waals surface area contributed by atoms with Crippen molar-refractivity contribution in [2.24, 2.45) is 0 Å². The number of carbonyl (C=O) groups excluding carboxylic acids is 2. The average Bonchev–Trinajstić information content (AvgIpc) is 3.31. The number of allylic oxidation sites excluding steroid dienone is 6. The molecular weight excluding hydrogens is 815 g/mol. The second kappa shape index (κ2) is 54.0. The van der Waals surface area contributed by atoms with Crippen molar-refractivity contribution in [3.05, 3.63) is 36.5 Å². The van der Waals surface area contributed by atoms with Gasteiger partial charge in [0, 0.05) is 6.42 Å². The second-order valence-corrected chi connectivity index (χ2v) is 20.1. The minimum absolute atomic E-state index is 0.0700. The summed E-state index contributed by atoms with van der Waals surface area (Å²) in [6.45, 7) is 6.48. The summed E-state index contributed by atoms with van der Waals surface area (Å²) in [7, 11) is 0. The van der Waals surface area contributed by atoms with E-state index < -0.39 is 18.2 Å². The Morgan fingerprint density at radius 1 is 0.439 bits per heavy atom. The minimum Gasteiger partial charge on any atom is -0.462 e. The molecule has 0 aromatic carbocycles. The molecule has 0 aliphatic heterocycles. The summed E-state index contributed by atoms with van der Waals surface area (Å²) in [4.78, 5) is 26.3. The summed E-state index contributed by atoms with van der Waals surface area (Å²) in [5, 5.41) is 23.9. The van der Waals surface area contributed by atoms with Crippen molar-refractivity contribution in [2.75, 3.05) is 6.61 Å². The fraction of sp³-hybridized carbons (Fsp3) is 0.867. The number of aliphatic hydroxyl groups is 2. The number of esters is 1. The Bertz CT molecular complexity index is 1090. The van der Waals surface area contributed by atoms with Crippen LogP contribution in [0.25, 0.3) is 0 Å². The van der Waals surface area contributed by atoms with Crippen LogP contribution in [0.3, 0.4) is 0 Å². The molecule has 0 aliphatic carbocycles. The van der Waals surface area contributed by atoms with Gasteiger partial charge in [-0.3, -0.25) is 9.59 Å². The highest BCUT2D eigenvalue weighted by atomic mass is 16.5. The summed E-state index contributed by atoms with van der Waals surface area (Å²) in [6.07, 6.45) is 64.9. The smallest absolute Gasteiger partial charge is 0.306 e. The van der Waals surface area contributed by atoms with Crippen molar-refractivity contribution in [1.82, 2.24) is 5.32 Å². The Hall–Kier alpha value is -1.92. The van der Waals surface area contributed by atoms with E-state index >= 15 is 0 Å². The summed E-state index contributed by atoms with van der Waals surface area (Å²) in [5.41, 5.74) is 0. The number of ether oxygens (including phenoxy) is 1. The normalized spacial score (nSPS) is 13.3. The lowest BCUT2D eigenvalue weighted by atomic mass is 10.0. The maximum Gasteiger partial charge on any atom is 0.306 e. The molecule has 0 heterocycles. The first-order valence-electron chi connectivity index (χ1n) is 29.2. The van der Waals surface area contributed by atoms with Crippen molar-refractivity contribution < 1.29 is 24.5 Å². The zero-order valence-corrected chi connectivity index (χ0v) is 44.3. The van der Waals surface area contributed by atoms with Crippen LogP contribution >= 0.6 is 0 Å². The monoisotopic (exact) mass is 928 g/mol. The van der Waals surface area contributed by atoms with Crippen LogP contribution in [0.4, 0.5) is 0 Å². The van der Waals surface area contributed by atoms with Crippen LogP contribution in [0.2, 0.25) is 0 Å². The van der Waals surface area contributed by atoms with E-state index in [1.54, 1.807) is 0 Å². The quantitative estimate of drug-likeness (QED) is 0.0244. The molecule has 3 N–H and O–H groups in total. The number of hydrogen-bond acceptors (Lipinski definition) is 5.